The molecule has 2 rings (SSSR count). The summed E-state index contributed by atoms with van der Waals surface area (Å²) in [7, 11) is 0. The van der Waals surface area contributed by atoms with E-state index in [1.165, 1.54) is 25.5 Å². The van der Waals surface area contributed by atoms with E-state index in [1.54, 1.807) is 24.2 Å². The molecule has 2 aromatic rings. The summed E-state index contributed by atoms with van der Waals surface area (Å²) in [5, 5.41) is 0. The molecule has 138 valence electrons. The summed E-state index contributed by atoms with van der Waals surface area (Å²) in [4.78, 5) is 0. The molecule has 0 bridgehead atoms. The summed E-state index contributed by atoms with van der Waals surface area (Å²) < 4.78 is 1.51. The maximum atomic E-state index is 2.37. The van der Waals surface area contributed by atoms with Gasteiger partial charge in [0.1, 0.15) is 0 Å². The molecule has 0 saturated carbocycles. The molecule has 0 radical (unpaired) electrons. The minimum absolute atomic E-state index is 0. The van der Waals surface area contributed by atoms with Crippen molar-refractivity contribution in [3.63, 3.8) is 0 Å². The summed E-state index contributed by atoms with van der Waals surface area (Å²) in [6, 6.07) is 15.6. The smallest absolute Gasteiger partial charge is 1.00 e. The van der Waals surface area contributed by atoms with E-state index in [0.29, 0.717) is 0 Å². The van der Waals surface area contributed by atoms with Crippen molar-refractivity contribution in [1.82, 2.24) is 0 Å². The van der Waals surface area contributed by atoms with Crippen LogP contribution in [0, 0.1) is 0 Å². The monoisotopic (exact) mass is 455 g/mol. The molecule has 0 N–H and O–H groups in total. The van der Waals surface area contributed by atoms with Crippen LogP contribution in [0.3, 0.4) is 0 Å². The molecule has 0 heterocycles. The largest absolute Gasteiger partial charge is 1.00 e. The SMILES string of the molecule is CC(C)(C)c1cc(-c2ccc[cH-]2)cc(C(C)(C)C)c1.C[C](C)=[Zr+2].[Cl-].[Cl-]. The second-order valence-corrected chi connectivity index (χ2v) is 10.9. The minimum Gasteiger partial charge on any atom is -1.00 e. The van der Waals surface area contributed by atoms with E-state index in [-0.39, 0.29) is 35.6 Å². The van der Waals surface area contributed by atoms with Gasteiger partial charge in [0.2, 0.25) is 0 Å². The fraction of sp³-hybridized carbons (Fsp3) is 0.455. The third kappa shape index (κ3) is 9.41. The Labute approximate surface area is 182 Å². The quantitative estimate of drug-likeness (QED) is 0.545. The first-order chi connectivity index (χ1) is 10.4. The standard InChI is InChI=1S/C19H25.C3H6.2ClH.Zr/c1-18(2,3)16-11-15(14-9-7-8-10-14)12-17(13-16)19(4,5)6;1-3-2;;;/h7-13H,1-6H3;1-2H3;2*1H;/q-1;;;;+2/p-2. The molecular weight excluding hydrogens is 426 g/mol. The van der Waals surface area contributed by atoms with Gasteiger partial charge in [-0.05, 0) is 10.8 Å². The van der Waals surface area contributed by atoms with E-state index in [9.17, 15) is 0 Å². The van der Waals surface area contributed by atoms with E-state index in [2.05, 4.69) is 97.9 Å². The molecule has 0 nitrogen and oxygen atoms in total. The molecule has 0 unspecified atom stereocenters. The van der Waals surface area contributed by atoms with Crippen LogP contribution in [0.4, 0.5) is 0 Å². The van der Waals surface area contributed by atoms with Gasteiger partial charge in [0.25, 0.3) is 0 Å². The van der Waals surface area contributed by atoms with Crippen LogP contribution in [0.5, 0.6) is 0 Å². The summed E-state index contributed by atoms with van der Waals surface area (Å²) in [5.41, 5.74) is 5.84. The molecule has 0 saturated heterocycles. The number of hydrogen-bond donors (Lipinski definition) is 0. The van der Waals surface area contributed by atoms with E-state index in [0.717, 1.165) is 0 Å². The maximum Gasteiger partial charge on any atom is -1.00 e. The molecule has 0 atom stereocenters. The van der Waals surface area contributed by atoms with Gasteiger partial charge in [0.15, 0.2) is 0 Å². The van der Waals surface area contributed by atoms with E-state index in [4.69, 9.17) is 0 Å². The fourth-order valence-electron chi connectivity index (χ4n) is 2.23. The fourth-order valence-corrected chi connectivity index (χ4v) is 2.23. The zero-order valence-electron chi connectivity index (χ0n) is 16.8. The third-order valence-electron chi connectivity index (χ3n) is 3.66. The molecule has 0 aliphatic rings. The summed E-state index contributed by atoms with van der Waals surface area (Å²) in [5.74, 6) is 0. The predicted octanol–water partition coefficient (Wildman–Crippen LogP) is 0.421. The molecule has 0 aliphatic heterocycles. The first-order valence-corrected chi connectivity index (χ1v) is 9.54. The van der Waals surface area contributed by atoms with Crippen LogP contribution in [-0.2, 0) is 35.1 Å². The van der Waals surface area contributed by atoms with Gasteiger partial charge >= 0.3 is 41.3 Å². The Bertz CT molecular complexity index is 605. The van der Waals surface area contributed by atoms with Crippen molar-refractivity contribution in [3.8, 4) is 11.1 Å². The van der Waals surface area contributed by atoms with Gasteiger partial charge < -0.3 is 24.8 Å². The molecule has 2 aromatic carbocycles. The van der Waals surface area contributed by atoms with Crippen LogP contribution in [0.25, 0.3) is 11.1 Å². The van der Waals surface area contributed by atoms with Crippen molar-refractivity contribution in [2.75, 3.05) is 0 Å². The Balaban J connectivity index is 0. The van der Waals surface area contributed by atoms with Gasteiger partial charge in [-0.2, -0.15) is 23.8 Å². The Morgan fingerprint density at radius 2 is 1.24 bits per heavy atom. The number of rotatable bonds is 1. The molecule has 0 aliphatic carbocycles. The molecular formula is C22H31Cl2Zr-. The first kappa shape index (κ1) is 27.1. The average Bonchev–Trinajstić information content (AvgIpc) is 2.89. The van der Waals surface area contributed by atoms with Crippen molar-refractivity contribution in [2.24, 2.45) is 0 Å². The van der Waals surface area contributed by atoms with Crippen LogP contribution in [-0.4, -0.2) is 3.21 Å². The zero-order chi connectivity index (χ0) is 17.8. The van der Waals surface area contributed by atoms with Crippen LogP contribution < -0.4 is 24.8 Å². The molecule has 25 heavy (non-hydrogen) atoms. The van der Waals surface area contributed by atoms with E-state index >= 15 is 0 Å². The van der Waals surface area contributed by atoms with Crippen molar-refractivity contribution >= 4 is 3.21 Å². The van der Waals surface area contributed by atoms with Gasteiger partial charge in [-0.1, -0.05) is 76.4 Å². The minimum atomic E-state index is 0. The molecule has 3 heteroatoms. The van der Waals surface area contributed by atoms with Crippen LogP contribution in [0.1, 0.15) is 66.5 Å². The van der Waals surface area contributed by atoms with Crippen LogP contribution in [0.15, 0.2) is 42.5 Å². The molecule has 0 fully saturated rings. The third-order valence-corrected chi connectivity index (χ3v) is 3.66. The van der Waals surface area contributed by atoms with Crippen LogP contribution in [0.2, 0.25) is 0 Å². The normalized spacial score (nSPS) is 10.8. The zero-order valence-corrected chi connectivity index (χ0v) is 20.8. The predicted molar refractivity (Wildman–Crippen MR) is 101 cm³/mol. The Morgan fingerprint density at radius 1 is 0.840 bits per heavy atom. The molecule has 0 spiro atoms. The van der Waals surface area contributed by atoms with Gasteiger partial charge in [0.05, 0.1) is 0 Å². The molecule has 0 aromatic heterocycles. The summed E-state index contributed by atoms with van der Waals surface area (Å²) >= 11 is 1.55. The van der Waals surface area contributed by atoms with Gasteiger partial charge in [0, 0.05) is 0 Å². The Hall–Kier alpha value is -0.0969. The topological polar surface area (TPSA) is 0 Å². The van der Waals surface area contributed by atoms with Crippen molar-refractivity contribution < 1.29 is 49.0 Å². The van der Waals surface area contributed by atoms with Crippen molar-refractivity contribution in [2.45, 2.75) is 66.2 Å². The van der Waals surface area contributed by atoms with Gasteiger partial charge in [-0.25, -0.2) is 0 Å². The van der Waals surface area contributed by atoms with E-state index in [1.807, 2.05) is 0 Å². The average molecular weight is 458 g/mol. The second kappa shape index (κ2) is 10.9. The Kier molecular flexibility index (Phi) is 11.8. The maximum absolute atomic E-state index is 2.37. The molecule has 0 amide bonds. The first-order valence-electron chi connectivity index (χ1n) is 8.31. The number of benzene rings is 1. The van der Waals surface area contributed by atoms with Gasteiger partial charge in [-0.15, -0.1) is 6.07 Å². The Morgan fingerprint density at radius 3 is 1.52 bits per heavy atom. The van der Waals surface area contributed by atoms with Crippen LogP contribution >= 0.6 is 0 Å². The second-order valence-electron chi connectivity index (χ2n) is 8.47. The summed E-state index contributed by atoms with van der Waals surface area (Å²) in [6.45, 7) is 17.9. The summed E-state index contributed by atoms with van der Waals surface area (Å²) in [6.07, 6.45) is 0. The number of hydrogen-bond acceptors (Lipinski definition) is 0. The van der Waals surface area contributed by atoms with E-state index < -0.39 is 0 Å². The van der Waals surface area contributed by atoms with Gasteiger partial charge in [-0.3, -0.25) is 0 Å². The number of halogens is 2. The van der Waals surface area contributed by atoms with Crippen molar-refractivity contribution in [3.05, 3.63) is 53.6 Å². The van der Waals surface area contributed by atoms with Crippen molar-refractivity contribution in [1.29, 1.82) is 0 Å².